The number of fused-ring (bicyclic) bond motifs is 1. The molecule has 4 atom stereocenters. The second-order valence-corrected chi connectivity index (χ2v) is 12.0. The van der Waals surface area contributed by atoms with E-state index in [9.17, 15) is 14.7 Å². The van der Waals surface area contributed by atoms with Gasteiger partial charge in [0, 0.05) is 37.0 Å². The minimum Gasteiger partial charge on any atom is -0.493 e. The summed E-state index contributed by atoms with van der Waals surface area (Å²) in [5.41, 5.74) is 0.314. The average Bonchev–Trinajstić information content (AvgIpc) is 3.54. The van der Waals surface area contributed by atoms with Crippen LogP contribution in [0.25, 0.3) is 0 Å². The summed E-state index contributed by atoms with van der Waals surface area (Å²) in [5.74, 6) is 2.55. The van der Waals surface area contributed by atoms with Crippen LogP contribution < -0.4 is 14.2 Å². The molecule has 0 saturated carbocycles. The first-order valence-corrected chi connectivity index (χ1v) is 14.9. The fourth-order valence-electron chi connectivity index (χ4n) is 6.26. The predicted octanol–water partition coefficient (Wildman–Crippen LogP) is 4.30. The van der Waals surface area contributed by atoms with Crippen LogP contribution in [-0.2, 0) is 9.59 Å². The normalized spacial score (nSPS) is 21.5. The highest BCUT2D eigenvalue weighted by atomic mass is 16.7. The van der Waals surface area contributed by atoms with Crippen molar-refractivity contribution >= 4 is 11.9 Å². The summed E-state index contributed by atoms with van der Waals surface area (Å²) >= 11 is 0. The SMILES string of the molecule is C#C[C@@](C)(CCC)C[C@H]1[C@H](C(=O)O)[C@@H](c2cc(OC)c3c(c2)OCO3)CN1CC(=O)N(CCCC)CCCN(C)C. The zero-order valence-electron chi connectivity index (χ0n) is 25.8. The number of carboxylic acids is 1. The van der Waals surface area contributed by atoms with Gasteiger partial charge in [0.1, 0.15) is 0 Å². The number of methoxy groups -OCH3 is 1. The second-order valence-electron chi connectivity index (χ2n) is 12.0. The van der Waals surface area contributed by atoms with Crippen molar-refractivity contribution in [2.45, 2.75) is 71.3 Å². The number of aliphatic carboxylic acids is 1. The van der Waals surface area contributed by atoms with Gasteiger partial charge in [0.15, 0.2) is 11.5 Å². The third kappa shape index (κ3) is 8.08. The van der Waals surface area contributed by atoms with Gasteiger partial charge >= 0.3 is 5.97 Å². The molecular formula is C32H49N3O6. The molecule has 1 aromatic carbocycles. The number of carboxylic acid groups (broad SMARTS) is 1. The number of likely N-dealkylation sites (tertiary alicyclic amines) is 1. The minimum absolute atomic E-state index is 0.0353. The first kappa shape index (κ1) is 32.6. The van der Waals surface area contributed by atoms with E-state index in [1.807, 2.05) is 38.1 Å². The summed E-state index contributed by atoms with van der Waals surface area (Å²) in [6.45, 7) is 9.17. The van der Waals surface area contributed by atoms with Gasteiger partial charge in [0.05, 0.1) is 19.6 Å². The first-order chi connectivity index (χ1) is 19.6. The molecule has 41 heavy (non-hydrogen) atoms. The third-order valence-electron chi connectivity index (χ3n) is 8.46. The zero-order valence-corrected chi connectivity index (χ0v) is 25.8. The Hall–Kier alpha value is -2.96. The van der Waals surface area contributed by atoms with E-state index in [1.165, 1.54) is 0 Å². The molecule has 1 saturated heterocycles. The third-order valence-corrected chi connectivity index (χ3v) is 8.46. The molecule has 1 aromatic rings. The van der Waals surface area contributed by atoms with Crippen molar-refractivity contribution in [1.29, 1.82) is 0 Å². The lowest BCUT2D eigenvalue weighted by atomic mass is 9.75. The Morgan fingerprint density at radius 3 is 2.51 bits per heavy atom. The lowest BCUT2D eigenvalue weighted by Gasteiger charge is -2.34. The summed E-state index contributed by atoms with van der Waals surface area (Å²) < 4.78 is 16.8. The molecule has 2 heterocycles. The molecule has 0 aromatic heterocycles. The lowest BCUT2D eigenvalue weighted by molar-refractivity contribution is -0.144. The maximum Gasteiger partial charge on any atom is 0.308 e. The molecule has 1 fully saturated rings. The van der Waals surface area contributed by atoms with Crippen LogP contribution >= 0.6 is 0 Å². The molecule has 0 aliphatic carbocycles. The molecule has 0 bridgehead atoms. The topological polar surface area (TPSA) is 91.8 Å². The van der Waals surface area contributed by atoms with E-state index in [2.05, 4.69) is 29.6 Å². The van der Waals surface area contributed by atoms with Crippen molar-refractivity contribution in [2.75, 3.05) is 60.7 Å². The van der Waals surface area contributed by atoms with Crippen molar-refractivity contribution in [3.63, 3.8) is 0 Å². The number of benzene rings is 1. The van der Waals surface area contributed by atoms with Gasteiger partial charge in [-0.05, 0) is 70.9 Å². The van der Waals surface area contributed by atoms with Crippen LogP contribution in [0.4, 0.5) is 0 Å². The maximum absolute atomic E-state index is 13.8. The van der Waals surface area contributed by atoms with Crippen LogP contribution in [0, 0.1) is 23.7 Å². The van der Waals surface area contributed by atoms with Gasteiger partial charge in [0.25, 0.3) is 0 Å². The van der Waals surface area contributed by atoms with E-state index in [-0.39, 0.29) is 25.2 Å². The quantitative estimate of drug-likeness (QED) is 0.294. The lowest BCUT2D eigenvalue weighted by Crippen LogP contribution is -2.46. The van der Waals surface area contributed by atoms with Crippen molar-refractivity contribution in [1.82, 2.24) is 14.7 Å². The van der Waals surface area contributed by atoms with Gasteiger partial charge in [-0.25, -0.2) is 0 Å². The van der Waals surface area contributed by atoms with E-state index in [4.69, 9.17) is 20.6 Å². The largest absolute Gasteiger partial charge is 0.493 e. The molecule has 228 valence electrons. The number of carbonyl (C=O) groups excluding carboxylic acids is 1. The van der Waals surface area contributed by atoms with Crippen LogP contribution in [-0.4, -0.2) is 98.4 Å². The Labute approximate surface area is 246 Å². The Balaban J connectivity index is 1.97. The van der Waals surface area contributed by atoms with Gasteiger partial charge in [-0.2, -0.15) is 0 Å². The fourth-order valence-corrected chi connectivity index (χ4v) is 6.26. The number of nitrogens with zero attached hydrogens (tertiary/aromatic N) is 3. The van der Waals surface area contributed by atoms with Crippen molar-refractivity contribution in [3.8, 4) is 29.6 Å². The molecular weight excluding hydrogens is 522 g/mol. The number of amides is 1. The number of carbonyl (C=O) groups is 2. The average molecular weight is 572 g/mol. The highest BCUT2D eigenvalue weighted by molar-refractivity contribution is 5.79. The standard InChI is InChI=1S/C32H49N3O6/c1-8-11-15-34(16-12-14-33(5)6)28(36)21-35-20-24(23-17-26(39-7)30-27(18-23)40-22-41-30)29(31(37)38)25(35)19-32(4,10-3)13-9-2/h3,17-18,24-25,29H,8-9,11-16,19-22H2,1-2,4-7H3,(H,37,38)/t24-,25+,29-,32+/m1/s1. The van der Waals surface area contributed by atoms with Crippen molar-refractivity contribution in [3.05, 3.63) is 17.7 Å². The zero-order chi connectivity index (χ0) is 30.2. The predicted molar refractivity (Wildman–Crippen MR) is 159 cm³/mol. The minimum atomic E-state index is -0.892. The summed E-state index contributed by atoms with van der Waals surface area (Å²) in [6, 6.07) is 3.30. The molecule has 9 nitrogen and oxygen atoms in total. The monoisotopic (exact) mass is 571 g/mol. The van der Waals surface area contributed by atoms with Crippen LogP contribution in [0.1, 0.15) is 70.8 Å². The fraction of sp³-hybridized carbons (Fsp3) is 0.688. The number of terminal acetylenes is 1. The number of ether oxygens (including phenoxy) is 3. The van der Waals surface area contributed by atoms with Crippen LogP contribution in [0.3, 0.4) is 0 Å². The molecule has 3 rings (SSSR count). The molecule has 2 aliphatic heterocycles. The summed E-state index contributed by atoms with van der Waals surface area (Å²) in [7, 11) is 5.62. The molecule has 1 amide bonds. The second kappa shape index (κ2) is 14.8. The Kier molecular flexibility index (Phi) is 11.7. The summed E-state index contributed by atoms with van der Waals surface area (Å²) in [5, 5.41) is 10.6. The number of hydrogen-bond acceptors (Lipinski definition) is 7. The van der Waals surface area contributed by atoms with Gasteiger partial charge in [-0.1, -0.05) is 26.7 Å². The Morgan fingerprint density at radius 2 is 1.90 bits per heavy atom. The van der Waals surface area contributed by atoms with Gasteiger partial charge in [-0.3, -0.25) is 14.5 Å². The molecule has 2 aliphatic rings. The van der Waals surface area contributed by atoms with E-state index >= 15 is 0 Å². The molecule has 0 spiro atoms. The highest BCUT2D eigenvalue weighted by Gasteiger charge is 2.49. The van der Waals surface area contributed by atoms with E-state index in [1.54, 1.807) is 7.11 Å². The number of hydrogen-bond donors (Lipinski definition) is 1. The Bertz CT molecular complexity index is 1090. The van der Waals surface area contributed by atoms with Gasteiger partial charge < -0.3 is 29.1 Å². The molecule has 9 heteroatoms. The maximum atomic E-state index is 13.8. The van der Waals surface area contributed by atoms with E-state index in [0.717, 1.165) is 44.2 Å². The molecule has 0 unspecified atom stereocenters. The smallest absolute Gasteiger partial charge is 0.308 e. The summed E-state index contributed by atoms with van der Waals surface area (Å²) in [4.78, 5) is 32.9. The van der Waals surface area contributed by atoms with Crippen LogP contribution in [0.5, 0.6) is 17.2 Å². The van der Waals surface area contributed by atoms with Crippen LogP contribution in [0.15, 0.2) is 12.1 Å². The van der Waals surface area contributed by atoms with Crippen LogP contribution in [0.2, 0.25) is 0 Å². The van der Waals surface area contributed by atoms with E-state index < -0.39 is 23.3 Å². The molecule has 0 radical (unpaired) electrons. The Morgan fingerprint density at radius 1 is 1.17 bits per heavy atom. The van der Waals surface area contributed by atoms with Crippen molar-refractivity contribution < 1.29 is 28.9 Å². The summed E-state index contributed by atoms with van der Waals surface area (Å²) in [6.07, 6.45) is 11.0. The molecule has 1 N–H and O–H groups in total. The van der Waals surface area contributed by atoms with Gasteiger partial charge in [-0.15, -0.1) is 12.3 Å². The highest BCUT2D eigenvalue weighted by Crippen LogP contribution is 2.48. The number of unbranched alkanes of at least 4 members (excludes halogenated alkanes) is 1. The first-order valence-electron chi connectivity index (χ1n) is 14.9. The van der Waals surface area contributed by atoms with Crippen molar-refractivity contribution in [2.24, 2.45) is 11.3 Å². The van der Waals surface area contributed by atoms with E-state index in [0.29, 0.717) is 43.3 Å². The van der Waals surface area contributed by atoms with Gasteiger partial charge in [0.2, 0.25) is 18.4 Å². The number of rotatable bonds is 16.